The topological polar surface area (TPSA) is 93.7 Å². The number of esters is 1. The Morgan fingerprint density at radius 3 is 2.71 bits per heavy atom. The molecule has 1 rings (SSSR count). The molecule has 0 aliphatic rings. The zero-order valence-electron chi connectivity index (χ0n) is 13.4. The lowest BCUT2D eigenvalue weighted by Crippen LogP contribution is -2.41. The highest BCUT2D eigenvalue weighted by atomic mass is 16.5. The van der Waals surface area contributed by atoms with E-state index in [9.17, 15) is 14.4 Å². The summed E-state index contributed by atoms with van der Waals surface area (Å²) in [6, 6.07) is 6.51. The van der Waals surface area contributed by atoms with Gasteiger partial charge in [-0.2, -0.15) is 0 Å². The van der Waals surface area contributed by atoms with Crippen LogP contribution in [0.3, 0.4) is 0 Å². The standard InChI is InChI=1S/C17H20N2O5/c1-3-11-18-17(22)19-15(20)12-24-16(21)10-9-13-7-5-6-8-14(13)23-4-2/h3,5-10H,1,4,11-12H2,2H3,(H2,18,19,20,22). The summed E-state index contributed by atoms with van der Waals surface area (Å²) >= 11 is 0. The average Bonchev–Trinajstić information content (AvgIpc) is 2.57. The highest BCUT2D eigenvalue weighted by Gasteiger charge is 2.09. The molecule has 3 amide bonds. The summed E-state index contributed by atoms with van der Waals surface area (Å²) in [5.74, 6) is -0.795. The summed E-state index contributed by atoms with van der Waals surface area (Å²) < 4.78 is 10.2. The molecule has 0 atom stereocenters. The largest absolute Gasteiger partial charge is 0.493 e. The molecule has 0 heterocycles. The fraction of sp³-hybridized carbons (Fsp3) is 0.235. The third-order valence-corrected chi connectivity index (χ3v) is 2.62. The first kappa shape index (κ1) is 19.0. The molecule has 0 unspecified atom stereocenters. The van der Waals surface area contributed by atoms with E-state index in [2.05, 4.69) is 11.9 Å². The lowest BCUT2D eigenvalue weighted by Gasteiger charge is -2.06. The summed E-state index contributed by atoms with van der Waals surface area (Å²) in [6.07, 6.45) is 4.18. The first-order valence-corrected chi connectivity index (χ1v) is 7.32. The minimum atomic E-state index is -0.729. The fourth-order valence-electron chi connectivity index (χ4n) is 1.62. The van der Waals surface area contributed by atoms with Gasteiger partial charge >= 0.3 is 12.0 Å². The van der Waals surface area contributed by atoms with Gasteiger partial charge in [0, 0.05) is 18.2 Å². The van der Waals surface area contributed by atoms with Crippen molar-refractivity contribution in [3.05, 3.63) is 48.6 Å². The van der Waals surface area contributed by atoms with Crippen LogP contribution >= 0.6 is 0 Å². The Kier molecular flexibility index (Phi) is 8.38. The molecule has 0 aliphatic heterocycles. The maximum atomic E-state index is 11.6. The zero-order chi connectivity index (χ0) is 17.8. The molecule has 0 saturated carbocycles. The maximum absolute atomic E-state index is 11.6. The van der Waals surface area contributed by atoms with Crippen molar-refractivity contribution in [3.8, 4) is 5.75 Å². The second-order valence-corrected chi connectivity index (χ2v) is 4.46. The predicted molar refractivity (Wildman–Crippen MR) is 89.3 cm³/mol. The van der Waals surface area contributed by atoms with Crippen LogP contribution in [-0.4, -0.2) is 37.7 Å². The van der Waals surface area contributed by atoms with Crippen molar-refractivity contribution in [2.45, 2.75) is 6.92 Å². The summed E-state index contributed by atoms with van der Waals surface area (Å²) in [5.41, 5.74) is 0.713. The highest BCUT2D eigenvalue weighted by Crippen LogP contribution is 2.19. The number of para-hydroxylation sites is 1. The van der Waals surface area contributed by atoms with Crippen molar-refractivity contribution in [2.75, 3.05) is 19.8 Å². The number of hydrogen-bond acceptors (Lipinski definition) is 5. The summed E-state index contributed by atoms with van der Waals surface area (Å²) in [4.78, 5) is 34.2. The molecular weight excluding hydrogens is 312 g/mol. The molecule has 0 bridgehead atoms. The quantitative estimate of drug-likeness (QED) is 0.429. The molecule has 24 heavy (non-hydrogen) atoms. The molecule has 2 N–H and O–H groups in total. The van der Waals surface area contributed by atoms with E-state index in [1.165, 1.54) is 18.2 Å². The van der Waals surface area contributed by atoms with Crippen LogP contribution in [-0.2, 0) is 14.3 Å². The Labute approximate surface area is 140 Å². The summed E-state index contributed by atoms with van der Waals surface area (Å²) in [7, 11) is 0. The van der Waals surface area contributed by atoms with Gasteiger partial charge in [0.1, 0.15) is 5.75 Å². The van der Waals surface area contributed by atoms with E-state index < -0.39 is 24.5 Å². The molecule has 7 nitrogen and oxygen atoms in total. The van der Waals surface area contributed by atoms with E-state index in [0.717, 1.165) is 0 Å². The van der Waals surface area contributed by atoms with Crippen molar-refractivity contribution in [2.24, 2.45) is 0 Å². The van der Waals surface area contributed by atoms with E-state index in [1.807, 2.05) is 24.4 Å². The number of ether oxygens (including phenoxy) is 2. The van der Waals surface area contributed by atoms with Gasteiger partial charge in [0.15, 0.2) is 6.61 Å². The smallest absolute Gasteiger partial charge is 0.331 e. The highest BCUT2D eigenvalue weighted by molar-refractivity contribution is 5.96. The van der Waals surface area contributed by atoms with Crippen LogP contribution in [0.2, 0.25) is 0 Å². The van der Waals surface area contributed by atoms with Crippen molar-refractivity contribution in [1.82, 2.24) is 10.6 Å². The second-order valence-electron chi connectivity index (χ2n) is 4.46. The van der Waals surface area contributed by atoms with Gasteiger partial charge in [0.2, 0.25) is 0 Å². The average molecular weight is 332 g/mol. The molecule has 0 aliphatic carbocycles. The molecule has 0 saturated heterocycles. The van der Waals surface area contributed by atoms with Crippen molar-refractivity contribution in [3.63, 3.8) is 0 Å². The first-order valence-electron chi connectivity index (χ1n) is 7.32. The van der Waals surface area contributed by atoms with Crippen molar-refractivity contribution in [1.29, 1.82) is 0 Å². The number of carbonyl (C=O) groups is 3. The van der Waals surface area contributed by atoms with E-state index >= 15 is 0 Å². The molecule has 0 spiro atoms. The fourth-order valence-corrected chi connectivity index (χ4v) is 1.62. The van der Waals surface area contributed by atoms with Gasteiger partial charge in [0.25, 0.3) is 5.91 Å². The summed E-state index contributed by atoms with van der Waals surface area (Å²) in [6.45, 7) is 5.45. The third-order valence-electron chi connectivity index (χ3n) is 2.62. The molecule has 1 aromatic rings. The monoisotopic (exact) mass is 332 g/mol. The molecule has 0 radical (unpaired) electrons. The number of carbonyl (C=O) groups excluding carboxylic acids is 3. The lowest BCUT2D eigenvalue weighted by atomic mass is 10.2. The Bertz CT molecular complexity index is 625. The van der Waals surface area contributed by atoms with Gasteiger partial charge in [-0.3, -0.25) is 10.1 Å². The number of benzene rings is 1. The predicted octanol–water partition coefficient (Wildman–Crippen LogP) is 1.65. The Morgan fingerprint density at radius 1 is 1.25 bits per heavy atom. The van der Waals surface area contributed by atoms with E-state index in [0.29, 0.717) is 17.9 Å². The van der Waals surface area contributed by atoms with Gasteiger partial charge < -0.3 is 14.8 Å². The lowest BCUT2D eigenvalue weighted by molar-refractivity contribution is -0.143. The Balaban J connectivity index is 2.45. The molecule has 1 aromatic carbocycles. The Hall–Kier alpha value is -3.09. The van der Waals surface area contributed by atoms with E-state index in [-0.39, 0.29) is 6.54 Å². The van der Waals surface area contributed by atoms with Gasteiger partial charge in [0.05, 0.1) is 6.61 Å². The van der Waals surface area contributed by atoms with Crippen LogP contribution in [0.25, 0.3) is 6.08 Å². The number of nitrogens with one attached hydrogen (secondary N) is 2. The van der Waals surface area contributed by atoms with Crippen LogP contribution in [0.4, 0.5) is 4.79 Å². The van der Waals surface area contributed by atoms with E-state index in [1.54, 1.807) is 12.1 Å². The van der Waals surface area contributed by atoms with Gasteiger partial charge in [-0.05, 0) is 19.1 Å². The minimum Gasteiger partial charge on any atom is -0.493 e. The van der Waals surface area contributed by atoms with E-state index in [4.69, 9.17) is 9.47 Å². The van der Waals surface area contributed by atoms with Crippen molar-refractivity contribution >= 4 is 24.0 Å². The van der Waals surface area contributed by atoms with Gasteiger partial charge in [-0.1, -0.05) is 24.3 Å². The minimum absolute atomic E-state index is 0.223. The SMILES string of the molecule is C=CCNC(=O)NC(=O)COC(=O)C=Cc1ccccc1OCC. The van der Waals surface area contributed by atoms with Crippen LogP contribution in [0.15, 0.2) is 43.0 Å². The number of hydrogen-bond donors (Lipinski definition) is 2. The number of rotatable bonds is 8. The van der Waals surface area contributed by atoms with Gasteiger partial charge in [-0.15, -0.1) is 6.58 Å². The maximum Gasteiger partial charge on any atom is 0.331 e. The molecule has 0 fully saturated rings. The summed E-state index contributed by atoms with van der Waals surface area (Å²) in [5, 5.41) is 4.37. The molecule has 128 valence electrons. The van der Waals surface area contributed by atoms with Crippen LogP contribution in [0, 0.1) is 0 Å². The molecular formula is C17H20N2O5. The molecule has 0 aromatic heterocycles. The number of imide groups is 1. The number of urea groups is 1. The van der Waals surface area contributed by atoms with Crippen LogP contribution < -0.4 is 15.4 Å². The van der Waals surface area contributed by atoms with Crippen molar-refractivity contribution < 1.29 is 23.9 Å². The van der Waals surface area contributed by atoms with Gasteiger partial charge in [-0.25, -0.2) is 9.59 Å². The number of amides is 3. The van der Waals surface area contributed by atoms with Crippen LogP contribution in [0.5, 0.6) is 5.75 Å². The Morgan fingerprint density at radius 2 is 2.00 bits per heavy atom. The normalized spacial score (nSPS) is 10.0. The molecule has 7 heteroatoms. The third kappa shape index (κ3) is 7.26. The first-order chi connectivity index (χ1) is 11.6. The zero-order valence-corrected chi connectivity index (χ0v) is 13.4. The second kappa shape index (κ2) is 10.6. The van der Waals surface area contributed by atoms with Crippen LogP contribution in [0.1, 0.15) is 12.5 Å².